The van der Waals surface area contributed by atoms with Crippen molar-refractivity contribution in [3.05, 3.63) is 64.4 Å². The summed E-state index contributed by atoms with van der Waals surface area (Å²) in [6.45, 7) is 1.80. The van der Waals surface area contributed by atoms with E-state index in [1.165, 1.54) is 47.0 Å². The van der Waals surface area contributed by atoms with Gasteiger partial charge in [-0.15, -0.1) is 33.3 Å². The van der Waals surface area contributed by atoms with Crippen LogP contribution in [0, 0.1) is 12.7 Å². The molecule has 4 aromatic rings. The molecule has 0 unspecified atom stereocenters. The van der Waals surface area contributed by atoms with Gasteiger partial charge >= 0.3 is 0 Å². The van der Waals surface area contributed by atoms with Crippen LogP contribution in [0.4, 0.5) is 9.52 Å². The molecule has 3 aromatic heterocycles. The maximum Gasteiger partial charge on any atom is 0.262 e. The molecule has 6 nitrogen and oxygen atoms in total. The van der Waals surface area contributed by atoms with Crippen LogP contribution >= 0.6 is 46.2 Å². The van der Waals surface area contributed by atoms with Crippen molar-refractivity contribution in [1.29, 1.82) is 0 Å². The largest absolute Gasteiger partial charge is 0.296 e. The number of hydrogen-bond donors (Lipinski definition) is 1. The molecule has 4 rings (SSSR count). The lowest BCUT2D eigenvalue weighted by Crippen LogP contribution is -2.16. The normalized spacial score (nSPS) is 10.9. The second kappa shape index (κ2) is 9.86. The number of aryl methyl sites for hydroxylation is 1. The number of nitrogens with one attached hydrogen (secondary N) is 1. The van der Waals surface area contributed by atoms with E-state index in [9.17, 15) is 9.18 Å². The summed E-state index contributed by atoms with van der Waals surface area (Å²) in [5.74, 6) is 0.674. The number of nitrogens with zero attached hydrogens (tertiary/aromatic N) is 4. The standard InChI is InChI=1S/C20H16FN5OS4/c1-11-15(18(28-2)23-16(22-11)14-4-3-9-29-14)17(27)24-19-25-26-20(31-19)30-10-12-5-7-13(21)8-6-12/h3-9H,10H2,1-2H3,(H,24,25,27). The van der Waals surface area contributed by atoms with Gasteiger partial charge < -0.3 is 0 Å². The molecular formula is C20H16FN5OS4. The number of thioether (sulfide) groups is 2. The van der Waals surface area contributed by atoms with Crippen molar-refractivity contribution in [3.63, 3.8) is 0 Å². The van der Waals surface area contributed by atoms with Gasteiger partial charge in [0.2, 0.25) is 5.13 Å². The number of halogens is 1. The molecule has 0 bridgehead atoms. The predicted octanol–water partition coefficient (Wildman–Crippen LogP) is 5.77. The first kappa shape index (κ1) is 21.9. The first-order valence-corrected chi connectivity index (χ1v) is 12.9. The van der Waals surface area contributed by atoms with Gasteiger partial charge in [-0.05, 0) is 42.3 Å². The second-order valence-corrected chi connectivity index (χ2v) is 10.2. The summed E-state index contributed by atoms with van der Waals surface area (Å²) in [5.41, 5.74) is 2.02. The van der Waals surface area contributed by atoms with Crippen molar-refractivity contribution in [2.24, 2.45) is 0 Å². The van der Waals surface area contributed by atoms with Crippen LogP contribution in [0.25, 0.3) is 10.7 Å². The van der Waals surface area contributed by atoms with Gasteiger partial charge in [0.15, 0.2) is 10.2 Å². The molecule has 0 fully saturated rings. The Morgan fingerprint density at radius 1 is 1.16 bits per heavy atom. The van der Waals surface area contributed by atoms with Crippen LogP contribution in [0.2, 0.25) is 0 Å². The van der Waals surface area contributed by atoms with E-state index >= 15 is 0 Å². The highest BCUT2D eigenvalue weighted by Gasteiger charge is 2.20. The minimum absolute atomic E-state index is 0.262. The fourth-order valence-corrected chi connectivity index (χ4v) is 5.66. The van der Waals surface area contributed by atoms with Gasteiger partial charge in [-0.1, -0.05) is 41.3 Å². The number of thiophene rings is 1. The molecule has 0 aliphatic rings. The van der Waals surface area contributed by atoms with Crippen LogP contribution in [0.5, 0.6) is 0 Å². The summed E-state index contributed by atoms with van der Waals surface area (Å²) < 4.78 is 13.7. The molecule has 0 atom stereocenters. The van der Waals surface area contributed by atoms with E-state index in [0.717, 1.165) is 10.4 Å². The Kier molecular flexibility index (Phi) is 6.96. The average Bonchev–Trinajstić information content (AvgIpc) is 3.45. The lowest BCUT2D eigenvalue weighted by Gasteiger charge is -2.10. The van der Waals surface area contributed by atoms with Crippen LogP contribution in [-0.2, 0) is 5.75 Å². The van der Waals surface area contributed by atoms with Crippen LogP contribution in [0.1, 0.15) is 21.6 Å². The summed E-state index contributed by atoms with van der Waals surface area (Å²) >= 11 is 5.72. The summed E-state index contributed by atoms with van der Waals surface area (Å²) in [5, 5.41) is 14.0. The van der Waals surface area contributed by atoms with Gasteiger partial charge in [0.1, 0.15) is 10.8 Å². The van der Waals surface area contributed by atoms with Gasteiger partial charge in [-0.3, -0.25) is 10.1 Å². The highest BCUT2D eigenvalue weighted by Crippen LogP contribution is 2.30. The van der Waals surface area contributed by atoms with Crippen molar-refractivity contribution in [3.8, 4) is 10.7 Å². The van der Waals surface area contributed by atoms with Gasteiger partial charge in [0.25, 0.3) is 5.91 Å². The minimum Gasteiger partial charge on any atom is -0.296 e. The van der Waals surface area contributed by atoms with Gasteiger partial charge in [0, 0.05) is 5.75 Å². The quantitative estimate of drug-likeness (QED) is 0.200. The lowest BCUT2D eigenvalue weighted by atomic mass is 10.2. The SMILES string of the molecule is CSc1nc(-c2cccs2)nc(C)c1C(=O)Nc1nnc(SCc2ccc(F)cc2)s1. The molecular weight excluding hydrogens is 474 g/mol. The molecule has 0 aliphatic carbocycles. The fourth-order valence-electron chi connectivity index (χ4n) is 2.68. The Balaban J connectivity index is 1.46. The second-order valence-electron chi connectivity index (χ2n) is 6.24. The summed E-state index contributed by atoms with van der Waals surface area (Å²) in [6, 6.07) is 10.2. The van der Waals surface area contributed by atoms with Crippen molar-refractivity contribution in [2.75, 3.05) is 11.6 Å². The molecule has 0 saturated carbocycles. The molecule has 3 heterocycles. The first-order chi connectivity index (χ1) is 15.0. The van der Waals surface area contributed by atoms with E-state index in [1.54, 1.807) is 30.4 Å². The zero-order valence-electron chi connectivity index (χ0n) is 16.5. The number of amides is 1. The van der Waals surface area contributed by atoms with Gasteiger partial charge in [-0.25, -0.2) is 14.4 Å². The molecule has 1 amide bonds. The van der Waals surface area contributed by atoms with Crippen molar-refractivity contribution < 1.29 is 9.18 Å². The third-order valence-electron chi connectivity index (χ3n) is 4.12. The van der Waals surface area contributed by atoms with Crippen molar-refractivity contribution in [1.82, 2.24) is 20.2 Å². The van der Waals surface area contributed by atoms with E-state index in [2.05, 4.69) is 25.5 Å². The summed E-state index contributed by atoms with van der Waals surface area (Å²) in [4.78, 5) is 23.0. The number of aromatic nitrogens is 4. The van der Waals surface area contributed by atoms with Crippen molar-refractivity contribution in [2.45, 2.75) is 22.0 Å². The third-order valence-corrected chi connectivity index (χ3v) is 7.71. The molecule has 1 aromatic carbocycles. The van der Waals surface area contributed by atoms with Crippen LogP contribution in [-0.4, -0.2) is 32.3 Å². The lowest BCUT2D eigenvalue weighted by molar-refractivity contribution is 0.102. The van der Waals surface area contributed by atoms with Crippen molar-refractivity contribution >= 4 is 57.2 Å². The highest BCUT2D eigenvalue weighted by atomic mass is 32.2. The van der Waals surface area contributed by atoms with E-state index in [1.807, 2.05) is 23.8 Å². The number of benzene rings is 1. The van der Waals surface area contributed by atoms with Gasteiger partial charge in [0.05, 0.1) is 16.1 Å². The number of anilines is 1. The number of carbonyl (C=O) groups is 1. The van der Waals surface area contributed by atoms with E-state index in [4.69, 9.17) is 0 Å². The summed E-state index contributed by atoms with van der Waals surface area (Å²) in [6.07, 6.45) is 1.88. The maximum absolute atomic E-state index is 13.0. The van der Waals surface area contributed by atoms with Gasteiger partial charge in [-0.2, -0.15) is 0 Å². The Hall–Kier alpha value is -2.34. The third kappa shape index (κ3) is 5.29. The number of carbonyl (C=O) groups excluding carboxylic acids is 1. The highest BCUT2D eigenvalue weighted by molar-refractivity contribution is 8.00. The number of hydrogen-bond acceptors (Lipinski definition) is 9. The monoisotopic (exact) mass is 489 g/mol. The molecule has 0 saturated heterocycles. The molecule has 1 N–H and O–H groups in total. The predicted molar refractivity (Wildman–Crippen MR) is 126 cm³/mol. The van der Waals surface area contributed by atoms with E-state index in [0.29, 0.717) is 37.3 Å². The molecule has 31 heavy (non-hydrogen) atoms. The molecule has 0 spiro atoms. The minimum atomic E-state index is -0.314. The topological polar surface area (TPSA) is 80.7 Å². The Labute approximate surface area is 194 Å². The zero-order chi connectivity index (χ0) is 21.8. The van der Waals surface area contributed by atoms with Crippen LogP contribution < -0.4 is 5.32 Å². The molecule has 0 radical (unpaired) electrons. The number of rotatable bonds is 7. The Morgan fingerprint density at radius 3 is 2.68 bits per heavy atom. The van der Waals surface area contributed by atoms with E-state index < -0.39 is 0 Å². The summed E-state index contributed by atoms with van der Waals surface area (Å²) in [7, 11) is 0. The zero-order valence-corrected chi connectivity index (χ0v) is 19.7. The maximum atomic E-state index is 13.0. The Morgan fingerprint density at radius 2 is 1.97 bits per heavy atom. The van der Waals surface area contributed by atoms with Crippen LogP contribution in [0.15, 0.2) is 51.1 Å². The fraction of sp³-hybridized carbons (Fsp3) is 0.150. The van der Waals surface area contributed by atoms with E-state index in [-0.39, 0.29) is 11.7 Å². The molecule has 158 valence electrons. The molecule has 0 aliphatic heterocycles. The van der Waals surface area contributed by atoms with Crippen LogP contribution in [0.3, 0.4) is 0 Å². The smallest absolute Gasteiger partial charge is 0.262 e. The average molecular weight is 490 g/mol. The first-order valence-electron chi connectivity index (χ1n) is 9.02. The molecule has 11 heteroatoms. The Bertz CT molecular complexity index is 1200.